The lowest BCUT2D eigenvalue weighted by Gasteiger charge is -2.35. The van der Waals surface area contributed by atoms with Crippen molar-refractivity contribution >= 4 is 5.91 Å². The minimum atomic E-state index is -4.35. The fourth-order valence-electron chi connectivity index (χ4n) is 3.66. The molecule has 0 N–H and O–H groups in total. The van der Waals surface area contributed by atoms with E-state index in [-0.39, 0.29) is 17.9 Å². The van der Waals surface area contributed by atoms with Crippen LogP contribution in [-0.4, -0.2) is 29.6 Å². The van der Waals surface area contributed by atoms with Gasteiger partial charge < -0.3 is 4.90 Å². The SMILES string of the molecule is C[C@@H](C1CC1)N(CC(F)(F)F)C(=O)[C@H]1CCCc2ccccc21. The van der Waals surface area contributed by atoms with Gasteiger partial charge in [0.15, 0.2) is 0 Å². The quantitative estimate of drug-likeness (QED) is 0.808. The van der Waals surface area contributed by atoms with Crippen molar-refractivity contribution in [3.05, 3.63) is 35.4 Å². The average Bonchev–Trinajstić information content (AvgIpc) is 3.35. The summed E-state index contributed by atoms with van der Waals surface area (Å²) in [4.78, 5) is 14.0. The maximum absolute atomic E-state index is 13.0. The molecular weight excluding hydrogens is 303 g/mol. The zero-order valence-corrected chi connectivity index (χ0v) is 13.3. The monoisotopic (exact) mass is 325 g/mol. The van der Waals surface area contributed by atoms with Crippen molar-refractivity contribution in [2.45, 2.75) is 57.2 Å². The van der Waals surface area contributed by atoms with Crippen LogP contribution in [0.4, 0.5) is 13.2 Å². The predicted molar refractivity (Wildman–Crippen MR) is 82.1 cm³/mol. The summed E-state index contributed by atoms with van der Waals surface area (Å²) in [7, 11) is 0. The summed E-state index contributed by atoms with van der Waals surface area (Å²) in [5, 5.41) is 0. The minimum absolute atomic E-state index is 0.222. The summed E-state index contributed by atoms with van der Waals surface area (Å²) in [6, 6.07) is 7.32. The number of halogens is 3. The van der Waals surface area contributed by atoms with E-state index in [0.29, 0.717) is 6.42 Å². The highest BCUT2D eigenvalue weighted by atomic mass is 19.4. The molecule has 0 unspecified atom stereocenters. The van der Waals surface area contributed by atoms with Crippen LogP contribution in [0.25, 0.3) is 0 Å². The topological polar surface area (TPSA) is 20.3 Å². The number of benzene rings is 1. The van der Waals surface area contributed by atoms with E-state index in [1.54, 1.807) is 6.92 Å². The van der Waals surface area contributed by atoms with E-state index in [4.69, 9.17) is 0 Å². The molecule has 2 atom stereocenters. The second-order valence-electron chi connectivity index (χ2n) is 6.80. The predicted octanol–water partition coefficient (Wildman–Crippen LogP) is 4.30. The first-order valence-electron chi connectivity index (χ1n) is 8.32. The zero-order chi connectivity index (χ0) is 16.6. The number of alkyl halides is 3. The van der Waals surface area contributed by atoms with E-state index >= 15 is 0 Å². The maximum atomic E-state index is 13.0. The molecule has 0 saturated heterocycles. The van der Waals surface area contributed by atoms with Crippen molar-refractivity contribution in [3.63, 3.8) is 0 Å². The second-order valence-corrected chi connectivity index (χ2v) is 6.80. The lowest BCUT2D eigenvalue weighted by atomic mass is 9.82. The molecule has 0 bridgehead atoms. The van der Waals surface area contributed by atoms with Gasteiger partial charge in [0.1, 0.15) is 6.54 Å². The molecule has 1 amide bonds. The van der Waals surface area contributed by atoms with Gasteiger partial charge >= 0.3 is 6.18 Å². The first-order valence-corrected chi connectivity index (χ1v) is 8.32. The third-order valence-electron chi connectivity index (χ3n) is 5.10. The number of aryl methyl sites for hydroxylation is 1. The summed E-state index contributed by atoms with van der Waals surface area (Å²) in [5.41, 5.74) is 2.02. The van der Waals surface area contributed by atoms with E-state index in [9.17, 15) is 18.0 Å². The fourth-order valence-corrected chi connectivity index (χ4v) is 3.66. The van der Waals surface area contributed by atoms with Crippen molar-refractivity contribution in [1.82, 2.24) is 4.90 Å². The summed E-state index contributed by atoms with van der Waals surface area (Å²) in [6.45, 7) is 0.623. The molecule has 126 valence electrons. The van der Waals surface area contributed by atoms with Gasteiger partial charge in [-0.15, -0.1) is 0 Å². The number of fused-ring (bicyclic) bond motifs is 1. The largest absolute Gasteiger partial charge is 0.406 e. The van der Waals surface area contributed by atoms with Gasteiger partial charge in [-0.3, -0.25) is 4.79 Å². The molecule has 0 aliphatic heterocycles. The lowest BCUT2D eigenvalue weighted by Crippen LogP contribution is -2.47. The Hall–Kier alpha value is -1.52. The average molecular weight is 325 g/mol. The third kappa shape index (κ3) is 3.70. The highest BCUT2D eigenvalue weighted by Crippen LogP contribution is 2.39. The van der Waals surface area contributed by atoms with Crippen LogP contribution in [0, 0.1) is 5.92 Å². The number of carbonyl (C=O) groups excluding carboxylic acids is 1. The standard InChI is InChI=1S/C18H22F3NO/c1-12(13-9-10-13)22(11-18(19,20)21)17(23)16-8-4-6-14-5-2-3-7-15(14)16/h2-3,5,7,12-13,16H,4,6,8-11H2,1H3/t12-,16-/m0/s1. The van der Waals surface area contributed by atoms with Gasteiger partial charge in [-0.25, -0.2) is 0 Å². The summed E-state index contributed by atoms with van der Waals surface area (Å²) in [6.07, 6.45) is -0.120. The summed E-state index contributed by atoms with van der Waals surface area (Å²) >= 11 is 0. The first kappa shape index (κ1) is 16.3. The molecule has 0 radical (unpaired) electrons. The highest BCUT2D eigenvalue weighted by Gasteiger charge is 2.42. The molecule has 1 fully saturated rings. The van der Waals surface area contributed by atoms with Crippen LogP contribution >= 0.6 is 0 Å². The first-order chi connectivity index (χ1) is 10.9. The molecule has 1 saturated carbocycles. The van der Waals surface area contributed by atoms with E-state index in [1.165, 1.54) is 0 Å². The molecule has 0 aromatic heterocycles. The normalized spacial score (nSPS) is 22.3. The minimum Gasteiger partial charge on any atom is -0.330 e. The maximum Gasteiger partial charge on any atom is 0.406 e. The summed E-state index contributed by atoms with van der Waals surface area (Å²) in [5.74, 6) is -0.558. The molecule has 1 aromatic carbocycles. The number of carbonyl (C=O) groups is 1. The van der Waals surface area contributed by atoms with Gasteiger partial charge in [0, 0.05) is 6.04 Å². The van der Waals surface area contributed by atoms with Crippen LogP contribution in [0.5, 0.6) is 0 Å². The van der Waals surface area contributed by atoms with Gasteiger partial charge in [-0.1, -0.05) is 24.3 Å². The molecular formula is C18H22F3NO. The van der Waals surface area contributed by atoms with Crippen LogP contribution in [0.1, 0.15) is 49.7 Å². The Morgan fingerprint density at radius 1 is 1.26 bits per heavy atom. The van der Waals surface area contributed by atoms with E-state index in [1.807, 2.05) is 24.3 Å². The Morgan fingerprint density at radius 2 is 1.96 bits per heavy atom. The van der Waals surface area contributed by atoms with Crippen molar-refractivity contribution in [2.75, 3.05) is 6.54 Å². The molecule has 23 heavy (non-hydrogen) atoms. The Balaban J connectivity index is 1.86. The molecule has 5 heteroatoms. The van der Waals surface area contributed by atoms with Crippen LogP contribution in [0.15, 0.2) is 24.3 Å². The van der Waals surface area contributed by atoms with Gasteiger partial charge in [0.05, 0.1) is 5.92 Å². The number of hydrogen-bond donors (Lipinski definition) is 0. The number of nitrogens with zero attached hydrogens (tertiary/aromatic N) is 1. The van der Waals surface area contributed by atoms with E-state index in [0.717, 1.165) is 41.7 Å². The Morgan fingerprint density at radius 3 is 2.61 bits per heavy atom. The zero-order valence-electron chi connectivity index (χ0n) is 13.3. The second kappa shape index (κ2) is 6.17. The Bertz CT molecular complexity index is 580. The van der Waals surface area contributed by atoms with Gasteiger partial charge in [-0.2, -0.15) is 13.2 Å². The van der Waals surface area contributed by atoms with Crippen molar-refractivity contribution in [3.8, 4) is 0 Å². The van der Waals surface area contributed by atoms with Gasteiger partial charge in [0.2, 0.25) is 5.91 Å². The van der Waals surface area contributed by atoms with Crippen LogP contribution in [0.3, 0.4) is 0 Å². The van der Waals surface area contributed by atoms with E-state index in [2.05, 4.69) is 0 Å². The van der Waals surface area contributed by atoms with Crippen molar-refractivity contribution in [2.24, 2.45) is 5.92 Å². The molecule has 0 spiro atoms. The van der Waals surface area contributed by atoms with Crippen LogP contribution in [-0.2, 0) is 11.2 Å². The Kier molecular flexibility index (Phi) is 4.39. The molecule has 2 nitrogen and oxygen atoms in total. The lowest BCUT2D eigenvalue weighted by molar-refractivity contribution is -0.167. The van der Waals surface area contributed by atoms with Gasteiger partial charge in [-0.05, 0) is 56.1 Å². The Labute approximate surface area is 134 Å². The van der Waals surface area contributed by atoms with Crippen LogP contribution in [0.2, 0.25) is 0 Å². The fraction of sp³-hybridized carbons (Fsp3) is 0.611. The molecule has 0 heterocycles. The van der Waals surface area contributed by atoms with Crippen molar-refractivity contribution in [1.29, 1.82) is 0 Å². The smallest absolute Gasteiger partial charge is 0.330 e. The molecule has 3 rings (SSSR count). The summed E-state index contributed by atoms with van der Waals surface area (Å²) < 4.78 is 38.9. The number of rotatable bonds is 4. The highest BCUT2D eigenvalue weighted by molar-refractivity contribution is 5.85. The van der Waals surface area contributed by atoms with Crippen LogP contribution < -0.4 is 0 Å². The molecule has 1 aromatic rings. The molecule has 2 aliphatic rings. The van der Waals surface area contributed by atoms with E-state index < -0.39 is 18.6 Å². The number of hydrogen-bond acceptors (Lipinski definition) is 1. The van der Waals surface area contributed by atoms with Gasteiger partial charge in [0.25, 0.3) is 0 Å². The molecule has 2 aliphatic carbocycles. The van der Waals surface area contributed by atoms with Crippen molar-refractivity contribution < 1.29 is 18.0 Å². The third-order valence-corrected chi connectivity index (χ3v) is 5.10. The number of amides is 1.